The lowest BCUT2D eigenvalue weighted by molar-refractivity contribution is -0.384. The standard InChI is InChI=1S/C19H18N4O5S/c24-17(21-19(29)20-13-5-3-4-12(10-13)18(25)26)15-11-14(23(27)28)6-7-16(15)22-8-1-2-9-22/h3-7,10-11H,1-2,8-9H2,(H,25,26)(H2,20,21,24,29). The van der Waals surface area contributed by atoms with Gasteiger partial charge in [0.2, 0.25) is 0 Å². The van der Waals surface area contributed by atoms with Gasteiger partial charge in [-0.15, -0.1) is 0 Å². The summed E-state index contributed by atoms with van der Waals surface area (Å²) in [5.41, 5.74) is 1.05. The first-order valence-corrected chi connectivity index (χ1v) is 9.25. The third-order valence-corrected chi connectivity index (χ3v) is 4.68. The van der Waals surface area contributed by atoms with Crippen LogP contribution in [-0.2, 0) is 0 Å². The van der Waals surface area contributed by atoms with E-state index in [0.717, 1.165) is 25.9 Å². The van der Waals surface area contributed by atoms with Crippen molar-refractivity contribution in [2.75, 3.05) is 23.3 Å². The molecule has 29 heavy (non-hydrogen) atoms. The maximum atomic E-state index is 12.8. The lowest BCUT2D eigenvalue weighted by atomic mass is 10.1. The molecule has 3 rings (SSSR count). The molecular weight excluding hydrogens is 396 g/mol. The van der Waals surface area contributed by atoms with Gasteiger partial charge in [-0.05, 0) is 49.3 Å². The first-order valence-electron chi connectivity index (χ1n) is 8.84. The fraction of sp³-hybridized carbons (Fsp3) is 0.211. The first kappa shape index (κ1) is 20.2. The maximum Gasteiger partial charge on any atom is 0.335 e. The largest absolute Gasteiger partial charge is 0.478 e. The molecule has 2 aromatic carbocycles. The Morgan fingerprint density at radius 2 is 1.86 bits per heavy atom. The third kappa shape index (κ3) is 4.85. The topological polar surface area (TPSA) is 125 Å². The Kier molecular flexibility index (Phi) is 6.03. The Labute approximate surface area is 171 Å². The second kappa shape index (κ2) is 8.65. The van der Waals surface area contributed by atoms with Crippen molar-refractivity contribution in [1.82, 2.24) is 5.32 Å². The number of amides is 1. The summed E-state index contributed by atoms with van der Waals surface area (Å²) in [6.45, 7) is 1.53. The summed E-state index contributed by atoms with van der Waals surface area (Å²) in [5, 5.41) is 25.4. The van der Waals surface area contributed by atoms with E-state index in [4.69, 9.17) is 17.3 Å². The predicted octanol–water partition coefficient (Wildman–Crippen LogP) is 3.02. The summed E-state index contributed by atoms with van der Waals surface area (Å²) in [4.78, 5) is 36.4. The van der Waals surface area contributed by atoms with E-state index in [9.17, 15) is 19.7 Å². The Bertz CT molecular complexity index is 988. The zero-order valence-electron chi connectivity index (χ0n) is 15.3. The number of nitrogens with zero attached hydrogens (tertiary/aromatic N) is 2. The smallest absolute Gasteiger partial charge is 0.335 e. The molecule has 1 amide bonds. The molecule has 0 atom stereocenters. The average Bonchev–Trinajstić information content (AvgIpc) is 3.22. The summed E-state index contributed by atoms with van der Waals surface area (Å²) >= 11 is 5.15. The van der Waals surface area contributed by atoms with E-state index in [0.29, 0.717) is 11.4 Å². The highest BCUT2D eigenvalue weighted by Crippen LogP contribution is 2.28. The van der Waals surface area contributed by atoms with Crippen molar-refractivity contribution in [3.05, 3.63) is 63.7 Å². The number of aromatic carboxylic acids is 1. The van der Waals surface area contributed by atoms with Crippen molar-refractivity contribution in [3.8, 4) is 0 Å². The normalized spacial score (nSPS) is 13.0. The van der Waals surface area contributed by atoms with Crippen LogP contribution in [0.2, 0.25) is 0 Å². The molecule has 1 saturated heterocycles. The summed E-state index contributed by atoms with van der Waals surface area (Å²) < 4.78 is 0. The van der Waals surface area contributed by atoms with Crippen molar-refractivity contribution < 1.29 is 19.6 Å². The minimum absolute atomic E-state index is 0.0450. The van der Waals surface area contributed by atoms with Gasteiger partial charge in [-0.1, -0.05) is 6.07 Å². The Hall–Kier alpha value is -3.53. The number of nitro benzene ring substituents is 1. The number of carboxylic acid groups (broad SMARTS) is 1. The molecule has 0 unspecified atom stereocenters. The van der Waals surface area contributed by atoms with Gasteiger partial charge in [0.15, 0.2) is 5.11 Å². The van der Waals surface area contributed by atoms with Gasteiger partial charge in [0.05, 0.1) is 21.7 Å². The van der Waals surface area contributed by atoms with Crippen LogP contribution in [0.25, 0.3) is 0 Å². The summed E-state index contributed by atoms with van der Waals surface area (Å²) in [7, 11) is 0. The molecule has 0 spiro atoms. The van der Waals surface area contributed by atoms with Crippen molar-refractivity contribution in [2.45, 2.75) is 12.8 Å². The van der Waals surface area contributed by atoms with E-state index in [1.807, 2.05) is 4.90 Å². The lowest BCUT2D eigenvalue weighted by Crippen LogP contribution is -2.35. The van der Waals surface area contributed by atoms with Gasteiger partial charge in [-0.25, -0.2) is 4.79 Å². The molecule has 1 aliphatic heterocycles. The highest BCUT2D eigenvalue weighted by molar-refractivity contribution is 7.80. The molecule has 0 aromatic heterocycles. The van der Waals surface area contributed by atoms with Gasteiger partial charge in [-0.2, -0.15) is 0 Å². The van der Waals surface area contributed by atoms with E-state index in [-0.39, 0.29) is 21.9 Å². The van der Waals surface area contributed by atoms with Crippen LogP contribution in [0.5, 0.6) is 0 Å². The van der Waals surface area contributed by atoms with Crippen LogP contribution in [-0.4, -0.2) is 40.1 Å². The van der Waals surface area contributed by atoms with Crippen LogP contribution < -0.4 is 15.5 Å². The summed E-state index contributed by atoms with van der Waals surface area (Å²) in [6, 6.07) is 10.1. The molecule has 1 fully saturated rings. The minimum Gasteiger partial charge on any atom is -0.478 e. The van der Waals surface area contributed by atoms with Crippen molar-refractivity contribution in [1.29, 1.82) is 0 Å². The van der Waals surface area contributed by atoms with Gasteiger partial charge < -0.3 is 15.3 Å². The van der Waals surface area contributed by atoms with Gasteiger partial charge in [0.1, 0.15) is 0 Å². The highest BCUT2D eigenvalue weighted by Gasteiger charge is 2.23. The molecular formula is C19H18N4O5S. The minimum atomic E-state index is -1.09. The fourth-order valence-corrected chi connectivity index (χ4v) is 3.33. The number of thiocarbonyl (C=S) groups is 1. The fourth-order valence-electron chi connectivity index (χ4n) is 3.12. The summed E-state index contributed by atoms with van der Waals surface area (Å²) in [5.74, 6) is -1.67. The number of benzene rings is 2. The number of hydrogen-bond donors (Lipinski definition) is 3. The number of nitro groups is 1. The monoisotopic (exact) mass is 414 g/mol. The first-order chi connectivity index (χ1) is 13.8. The average molecular weight is 414 g/mol. The number of anilines is 2. The number of carbonyl (C=O) groups is 2. The lowest BCUT2D eigenvalue weighted by Gasteiger charge is -2.21. The van der Waals surface area contributed by atoms with Gasteiger partial charge >= 0.3 is 5.97 Å². The predicted molar refractivity (Wildman–Crippen MR) is 112 cm³/mol. The van der Waals surface area contributed by atoms with Crippen LogP contribution >= 0.6 is 12.2 Å². The molecule has 10 heteroatoms. The van der Waals surface area contributed by atoms with Crippen LogP contribution in [0.15, 0.2) is 42.5 Å². The molecule has 0 aliphatic carbocycles. The molecule has 1 heterocycles. The van der Waals surface area contributed by atoms with E-state index in [2.05, 4.69) is 10.6 Å². The quantitative estimate of drug-likeness (QED) is 0.387. The maximum absolute atomic E-state index is 12.8. The molecule has 0 bridgehead atoms. The third-order valence-electron chi connectivity index (χ3n) is 4.48. The van der Waals surface area contributed by atoms with Gasteiger partial charge in [0, 0.05) is 30.9 Å². The second-order valence-electron chi connectivity index (χ2n) is 6.45. The molecule has 1 aliphatic rings. The molecule has 9 nitrogen and oxygen atoms in total. The van der Waals surface area contributed by atoms with Gasteiger partial charge in [-0.3, -0.25) is 20.2 Å². The van der Waals surface area contributed by atoms with Crippen LogP contribution in [0.1, 0.15) is 33.6 Å². The highest BCUT2D eigenvalue weighted by atomic mass is 32.1. The molecule has 2 aromatic rings. The SMILES string of the molecule is O=C(O)c1cccc(NC(=S)NC(=O)c2cc([N+](=O)[O-])ccc2N2CCCC2)c1. The number of hydrogen-bond acceptors (Lipinski definition) is 6. The van der Waals surface area contributed by atoms with E-state index >= 15 is 0 Å². The Morgan fingerprint density at radius 1 is 1.14 bits per heavy atom. The van der Waals surface area contributed by atoms with Crippen LogP contribution in [0, 0.1) is 10.1 Å². The Balaban J connectivity index is 1.79. The van der Waals surface area contributed by atoms with Gasteiger partial charge in [0.25, 0.3) is 11.6 Å². The number of nitrogens with one attached hydrogen (secondary N) is 2. The molecule has 150 valence electrons. The number of non-ortho nitro benzene ring substituents is 1. The Morgan fingerprint density at radius 3 is 2.52 bits per heavy atom. The van der Waals surface area contributed by atoms with E-state index < -0.39 is 16.8 Å². The summed E-state index contributed by atoms with van der Waals surface area (Å²) in [6.07, 6.45) is 1.97. The van der Waals surface area contributed by atoms with Crippen LogP contribution in [0.3, 0.4) is 0 Å². The van der Waals surface area contributed by atoms with Crippen molar-refractivity contribution in [3.63, 3.8) is 0 Å². The van der Waals surface area contributed by atoms with E-state index in [1.165, 1.54) is 24.3 Å². The van der Waals surface area contributed by atoms with Crippen molar-refractivity contribution >= 4 is 46.3 Å². The molecule has 0 radical (unpaired) electrons. The second-order valence-corrected chi connectivity index (χ2v) is 6.86. The molecule has 3 N–H and O–H groups in total. The number of carboxylic acids is 1. The van der Waals surface area contributed by atoms with E-state index in [1.54, 1.807) is 18.2 Å². The molecule has 0 saturated carbocycles. The van der Waals surface area contributed by atoms with Crippen LogP contribution in [0.4, 0.5) is 17.1 Å². The zero-order chi connectivity index (χ0) is 21.0. The number of carbonyl (C=O) groups excluding carboxylic acids is 1. The zero-order valence-corrected chi connectivity index (χ0v) is 16.1. The van der Waals surface area contributed by atoms with Crippen molar-refractivity contribution in [2.24, 2.45) is 0 Å². The number of rotatable bonds is 5.